The van der Waals surface area contributed by atoms with E-state index in [1.54, 1.807) is 0 Å². The molecule has 88 valence electrons. The summed E-state index contributed by atoms with van der Waals surface area (Å²) in [4.78, 5) is 7.92. The van der Waals surface area contributed by atoms with Gasteiger partial charge in [0.2, 0.25) is 5.95 Å². The van der Waals surface area contributed by atoms with Crippen LogP contribution in [0.2, 0.25) is 0 Å². The topological polar surface area (TPSA) is 89.8 Å². The summed E-state index contributed by atoms with van der Waals surface area (Å²) in [5, 5.41) is 3.12. The molecule has 2 aromatic rings. The molecule has 0 atom stereocenters. The minimum Gasteiger partial charge on any atom is -0.383 e. The van der Waals surface area contributed by atoms with Crippen molar-refractivity contribution >= 4 is 61.8 Å². The van der Waals surface area contributed by atoms with E-state index in [0.717, 1.165) is 9.26 Å². The molecular formula is C10H9BrIN5. The molecule has 0 aliphatic carbocycles. The molecule has 0 spiro atoms. The zero-order chi connectivity index (χ0) is 12.4. The first kappa shape index (κ1) is 12.4. The maximum absolute atomic E-state index is 5.68. The zero-order valence-corrected chi connectivity index (χ0v) is 12.4. The summed E-state index contributed by atoms with van der Waals surface area (Å²) in [6.07, 6.45) is 0. The molecular weight excluding hydrogens is 397 g/mol. The molecule has 0 unspecified atom stereocenters. The van der Waals surface area contributed by atoms with Crippen LogP contribution >= 0.6 is 38.5 Å². The number of nitrogen functional groups attached to an aromatic ring is 2. The Balaban J connectivity index is 2.32. The number of aromatic nitrogens is 2. The van der Waals surface area contributed by atoms with Crippen LogP contribution in [0, 0.1) is 3.57 Å². The van der Waals surface area contributed by atoms with Crippen molar-refractivity contribution in [1.82, 2.24) is 9.97 Å². The van der Waals surface area contributed by atoms with Gasteiger partial charge in [-0.15, -0.1) is 0 Å². The first-order chi connectivity index (χ1) is 8.06. The Kier molecular flexibility index (Phi) is 3.67. The molecule has 1 aromatic heterocycles. The van der Waals surface area contributed by atoms with E-state index in [4.69, 9.17) is 11.5 Å². The number of anilines is 4. The summed E-state index contributed by atoms with van der Waals surface area (Å²) in [6.45, 7) is 0. The smallest absolute Gasteiger partial charge is 0.224 e. The number of benzene rings is 1. The fraction of sp³-hybridized carbons (Fsp3) is 0. The van der Waals surface area contributed by atoms with E-state index >= 15 is 0 Å². The third-order valence-corrected chi connectivity index (χ3v) is 3.50. The van der Waals surface area contributed by atoms with Gasteiger partial charge >= 0.3 is 0 Å². The molecule has 0 fully saturated rings. The Labute approximate surface area is 120 Å². The maximum Gasteiger partial charge on any atom is 0.224 e. The third kappa shape index (κ3) is 2.97. The molecule has 0 saturated carbocycles. The van der Waals surface area contributed by atoms with Crippen LogP contribution in [-0.4, -0.2) is 9.97 Å². The normalized spacial score (nSPS) is 10.2. The summed E-state index contributed by atoms with van der Waals surface area (Å²) < 4.78 is 1.76. The number of hydrogen-bond acceptors (Lipinski definition) is 5. The number of nitrogens with one attached hydrogen (secondary N) is 1. The highest BCUT2D eigenvalue weighted by Gasteiger charge is 2.08. The Morgan fingerprint density at radius 2 is 1.76 bits per heavy atom. The van der Waals surface area contributed by atoms with Gasteiger partial charge in [0, 0.05) is 9.26 Å². The van der Waals surface area contributed by atoms with Gasteiger partial charge in [0.15, 0.2) is 5.82 Å². The van der Waals surface area contributed by atoms with Crippen molar-refractivity contribution in [1.29, 1.82) is 0 Å². The lowest BCUT2D eigenvalue weighted by atomic mass is 10.3. The average molecular weight is 406 g/mol. The summed E-state index contributed by atoms with van der Waals surface area (Å²) in [6, 6.07) is 7.88. The largest absolute Gasteiger partial charge is 0.383 e. The van der Waals surface area contributed by atoms with E-state index < -0.39 is 0 Å². The van der Waals surface area contributed by atoms with Gasteiger partial charge in [-0.05, 0) is 62.8 Å². The molecule has 0 bridgehead atoms. The molecule has 7 heteroatoms. The minimum atomic E-state index is 0.138. The lowest BCUT2D eigenvalue weighted by molar-refractivity contribution is 1.18. The molecule has 2 rings (SSSR count). The molecule has 1 heterocycles. The molecule has 0 amide bonds. The minimum absolute atomic E-state index is 0.138. The van der Waals surface area contributed by atoms with Gasteiger partial charge in [0.05, 0.1) is 0 Å². The number of rotatable bonds is 2. The van der Waals surface area contributed by atoms with Crippen molar-refractivity contribution < 1.29 is 0 Å². The molecule has 5 nitrogen and oxygen atoms in total. The van der Waals surface area contributed by atoms with Crippen LogP contribution in [0.4, 0.5) is 23.3 Å². The molecule has 0 saturated heterocycles. The molecule has 1 aromatic carbocycles. The van der Waals surface area contributed by atoms with Crippen LogP contribution in [0.15, 0.2) is 28.7 Å². The van der Waals surface area contributed by atoms with Crippen LogP contribution in [0.25, 0.3) is 0 Å². The van der Waals surface area contributed by atoms with Crippen LogP contribution in [-0.2, 0) is 0 Å². The summed E-state index contributed by atoms with van der Waals surface area (Å²) in [5.41, 5.74) is 12.1. The second-order valence-electron chi connectivity index (χ2n) is 3.26. The van der Waals surface area contributed by atoms with E-state index in [2.05, 4.69) is 53.8 Å². The number of nitrogens with two attached hydrogens (primary N) is 2. The van der Waals surface area contributed by atoms with E-state index in [0.29, 0.717) is 16.1 Å². The SMILES string of the molecule is Nc1nc(N)c(Br)c(Nc2ccc(I)cc2)n1. The quantitative estimate of drug-likeness (QED) is 0.668. The predicted octanol–water partition coefficient (Wildman–Crippen LogP) is 2.75. The van der Waals surface area contributed by atoms with Gasteiger partial charge in [-0.25, -0.2) is 0 Å². The van der Waals surface area contributed by atoms with Crippen LogP contribution in [0.3, 0.4) is 0 Å². The highest BCUT2D eigenvalue weighted by molar-refractivity contribution is 14.1. The second kappa shape index (κ2) is 5.05. The Hall–Kier alpha value is -1.09. The standard InChI is InChI=1S/C10H9BrIN5/c11-7-8(13)16-10(14)17-9(7)15-6-3-1-5(12)2-4-6/h1-4H,(H5,13,14,15,16,17). The Bertz CT molecular complexity index is 543. The van der Waals surface area contributed by atoms with Crippen molar-refractivity contribution in [3.63, 3.8) is 0 Å². The monoisotopic (exact) mass is 405 g/mol. The zero-order valence-electron chi connectivity index (χ0n) is 8.61. The van der Waals surface area contributed by atoms with Crippen molar-refractivity contribution in [2.75, 3.05) is 16.8 Å². The number of hydrogen-bond donors (Lipinski definition) is 3. The van der Waals surface area contributed by atoms with Gasteiger partial charge in [-0.3, -0.25) is 0 Å². The van der Waals surface area contributed by atoms with E-state index in [-0.39, 0.29) is 5.95 Å². The maximum atomic E-state index is 5.68. The lowest BCUT2D eigenvalue weighted by Gasteiger charge is -2.09. The predicted molar refractivity (Wildman–Crippen MR) is 81.0 cm³/mol. The third-order valence-electron chi connectivity index (χ3n) is 2.00. The van der Waals surface area contributed by atoms with Crippen molar-refractivity contribution in [2.45, 2.75) is 0 Å². The summed E-state index contributed by atoms with van der Waals surface area (Å²) in [5.74, 6) is 1.00. The highest BCUT2D eigenvalue weighted by Crippen LogP contribution is 2.28. The molecule has 0 aliphatic rings. The van der Waals surface area contributed by atoms with Gasteiger partial charge < -0.3 is 16.8 Å². The molecule has 0 aliphatic heterocycles. The molecule has 0 radical (unpaired) electrons. The summed E-state index contributed by atoms with van der Waals surface area (Å²) >= 11 is 5.56. The van der Waals surface area contributed by atoms with Gasteiger partial charge in [-0.1, -0.05) is 0 Å². The highest BCUT2D eigenvalue weighted by atomic mass is 127. The van der Waals surface area contributed by atoms with E-state index in [1.165, 1.54) is 0 Å². The molecule has 17 heavy (non-hydrogen) atoms. The second-order valence-corrected chi connectivity index (χ2v) is 5.30. The van der Waals surface area contributed by atoms with Crippen LogP contribution in [0.1, 0.15) is 0 Å². The number of halogens is 2. The fourth-order valence-electron chi connectivity index (χ4n) is 1.24. The van der Waals surface area contributed by atoms with Crippen molar-refractivity contribution in [3.05, 3.63) is 32.3 Å². The lowest BCUT2D eigenvalue weighted by Crippen LogP contribution is -2.04. The van der Waals surface area contributed by atoms with Gasteiger partial charge in [-0.2, -0.15) is 9.97 Å². The summed E-state index contributed by atoms with van der Waals surface area (Å²) in [7, 11) is 0. The van der Waals surface area contributed by atoms with Crippen LogP contribution in [0.5, 0.6) is 0 Å². The molecule has 5 N–H and O–H groups in total. The van der Waals surface area contributed by atoms with Crippen molar-refractivity contribution in [2.24, 2.45) is 0 Å². The van der Waals surface area contributed by atoms with E-state index in [9.17, 15) is 0 Å². The van der Waals surface area contributed by atoms with Crippen molar-refractivity contribution in [3.8, 4) is 0 Å². The fourth-order valence-corrected chi connectivity index (χ4v) is 1.87. The number of nitrogens with zero attached hydrogens (tertiary/aromatic N) is 2. The first-order valence-electron chi connectivity index (χ1n) is 4.67. The van der Waals surface area contributed by atoms with Crippen LogP contribution < -0.4 is 16.8 Å². The first-order valence-corrected chi connectivity index (χ1v) is 6.54. The average Bonchev–Trinajstić information content (AvgIpc) is 2.28. The van der Waals surface area contributed by atoms with Gasteiger partial charge in [0.25, 0.3) is 0 Å². The Morgan fingerprint density at radius 1 is 1.12 bits per heavy atom. The van der Waals surface area contributed by atoms with E-state index in [1.807, 2.05) is 24.3 Å². The Morgan fingerprint density at radius 3 is 2.41 bits per heavy atom. The van der Waals surface area contributed by atoms with Gasteiger partial charge in [0.1, 0.15) is 10.3 Å².